The first kappa shape index (κ1) is 20.0. The van der Waals surface area contributed by atoms with Gasteiger partial charge in [0.1, 0.15) is 17.9 Å². The van der Waals surface area contributed by atoms with E-state index in [1.165, 1.54) is 13.2 Å². The van der Waals surface area contributed by atoms with Crippen LogP contribution in [-0.2, 0) is 0 Å². The zero-order valence-corrected chi connectivity index (χ0v) is 16.8. The van der Waals surface area contributed by atoms with Gasteiger partial charge in [-0.2, -0.15) is 0 Å². The Morgan fingerprint density at radius 2 is 1.71 bits per heavy atom. The minimum Gasteiger partial charge on any atom is -0.493 e. The van der Waals surface area contributed by atoms with E-state index < -0.39 is 11.5 Å². The largest absolute Gasteiger partial charge is 0.493 e. The molecule has 1 N–H and O–H groups in total. The monoisotopic (exact) mass is 413 g/mol. The third-order valence-electron chi connectivity index (χ3n) is 4.70. The van der Waals surface area contributed by atoms with Crippen molar-refractivity contribution < 1.29 is 18.7 Å². The lowest BCUT2D eigenvalue weighted by molar-refractivity contribution is 0.0955. The average molecular weight is 413 g/mol. The lowest BCUT2D eigenvalue weighted by Crippen LogP contribution is -2.28. The molecule has 0 saturated heterocycles. The van der Waals surface area contributed by atoms with Gasteiger partial charge in [0.05, 0.1) is 13.7 Å². The number of hydrogen-bond donors (Lipinski definition) is 1. The molecule has 0 bridgehead atoms. The molecule has 0 unspecified atom stereocenters. The fourth-order valence-corrected chi connectivity index (χ4v) is 3.21. The summed E-state index contributed by atoms with van der Waals surface area (Å²) < 4.78 is 16.2. The number of carbonyl (C=O) groups is 1. The van der Waals surface area contributed by atoms with Crippen molar-refractivity contribution in [3.63, 3.8) is 0 Å². The van der Waals surface area contributed by atoms with Crippen LogP contribution >= 0.6 is 0 Å². The van der Waals surface area contributed by atoms with Crippen LogP contribution in [0.15, 0.2) is 75.9 Å². The zero-order valence-electron chi connectivity index (χ0n) is 16.8. The summed E-state index contributed by atoms with van der Waals surface area (Å²) in [6, 6.07) is 20.4. The Morgan fingerprint density at radius 3 is 2.55 bits per heavy atom. The molecule has 3 aromatic carbocycles. The molecule has 4 aromatic rings. The van der Waals surface area contributed by atoms with Crippen LogP contribution in [0, 0.1) is 11.8 Å². The molecular formula is C25H19NO5. The molecule has 1 aromatic heterocycles. The SMILES string of the molecule is COc1cccc2cc(C(=O)NCC#CCOc3cccc4ccccc34)c(=O)oc12. The highest BCUT2D eigenvalue weighted by Gasteiger charge is 2.14. The maximum absolute atomic E-state index is 12.4. The fraction of sp³-hybridized carbons (Fsp3) is 0.120. The molecule has 0 fully saturated rings. The van der Waals surface area contributed by atoms with Crippen LogP contribution < -0.4 is 20.4 Å². The molecule has 0 aliphatic heterocycles. The number of fused-ring (bicyclic) bond motifs is 2. The quantitative estimate of drug-likeness (QED) is 0.398. The number of para-hydroxylation sites is 1. The number of rotatable bonds is 5. The molecule has 0 saturated carbocycles. The van der Waals surface area contributed by atoms with Crippen LogP contribution in [0.4, 0.5) is 0 Å². The van der Waals surface area contributed by atoms with Crippen LogP contribution in [0.3, 0.4) is 0 Å². The average Bonchev–Trinajstić information content (AvgIpc) is 2.80. The van der Waals surface area contributed by atoms with Crippen molar-refractivity contribution in [3.05, 3.63) is 82.7 Å². The molecule has 1 heterocycles. The van der Waals surface area contributed by atoms with Gasteiger partial charge in [-0.05, 0) is 23.6 Å². The van der Waals surface area contributed by atoms with Gasteiger partial charge in [0.25, 0.3) is 5.91 Å². The second kappa shape index (κ2) is 9.06. The zero-order chi connectivity index (χ0) is 21.6. The van der Waals surface area contributed by atoms with Gasteiger partial charge in [-0.25, -0.2) is 4.79 Å². The van der Waals surface area contributed by atoms with Crippen LogP contribution in [0.25, 0.3) is 21.7 Å². The summed E-state index contributed by atoms with van der Waals surface area (Å²) in [5.74, 6) is 6.31. The van der Waals surface area contributed by atoms with Gasteiger partial charge in [0.2, 0.25) is 0 Å². The number of benzene rings is 3. The van der Waals surface area contributed by atoms with E-state index >= 15 is 0 Å². The fourth-order valence-electron chi connectivity index (χ4n) is 3.21. The third kappa shape index (κ3) is 4.36. The van der Waals surface area contributed by atoms with Crippen molar-refractivity contribution in [2.75, 3.05) is 20.3 Å². The number of amides is 1. The minimum atomic E-state index is -0.734. The van der Waals surface area contributed by atoms with Crippen molar-refractivity contribution in [2.24, 2.45) is 0 Å². The van der Waals surface area contributed by atoms with Crippen molar-refractivity contribution in [1.29, 1.82) is 0 Å². The van der Waals surface area contributed by atoms with E-state index in [4.69, 9.17) is 13.9 Å². The summed E-state index contributed by atoms with van der Waals surface area (Å²) in [5.41, 5.74) is -0.520. The number of nitrogens with one attached hydrogen (secondary N) is 1. The first-order valence-corrected chi connectivity index (χ1v) is 9.63. The Kier molecular flexibility index (Phi) is 5.86. The maximum atomic E-state index is 12.4. The lowest BCUT2D eigenvalue weighted by atomic mass is 10.1. The Hall–Kier alpha value is -4.24. The Bertz CT molecular complexity index is 1370. The molecule has 154 valence electrons. The Morgan fingerprint density at radius 1 is 0.968 bits per heavy atom. The summed E-state index contributed by atoms with van der Waals surface area (Å²) >= 11 is 0. The molecule has 6 heteroatoms. The molecular weight excluding hydrogens is 394 g/mol. The number of carbonyl (C=O) groups excluding carboxylic acids is 1. The lowest BCUT2D eigenvalue weighted by Gasteiger charge is -2.06. The maximum Gasteiger partial charge on any atom is 0.349 e. The predicted molar refractivity (Wildman–Crippen MR) is 119 cm³/mol. The molecule has 31 heavy (non-hydrogen) atoms. The highest BCUT2D eigenvalue weighted by Crippen LogP contribution is 2.25. The minimum absolute atomic E-state index is 0.0767. The standard InChI is InChI=1S/C25H19NO5/c1-29-22-13-7-10-18-16-20(25(28)31-23(18)22)24(27)26-14-4-5-15-30-21-12-6-9-17-8-2-3-11-19(17)21/h2-3,6-13,16H,14-15H2,1H3,(H,26,27). The van der Waals surface area contributed by atoms with Crippen molar-refractivity contribution in [3.8, 4) is 23.3 Å². The van der Waals surface area contributed by atoms with E-state index in [0.717, 1.165) is 16.5 Å². The third-order valence-corrected chi connectivity index (χ3v) is 4.70. The second-order valence-electron chi connectivity index (χ2n) is 6.63. The van der Waals surface area contributed by atoms with Crippen molar-refractivity contribution in [1.82, 2.24) is 5.32 Å². The molecule has 1 amide bonds. The predicted octanol–water partition coefficient (Wildman–Crippen LogP) is 3.77. The summed E-state index contributed by atoms with van der Waals surface area (Å²) in [5, 5.41) is 5.30. The normalized spacial score (nSPS) is 10.4. The highest BCUT2D eigenvalue weighted by molar-refractivity contribution is 5.97. The van der Waals surface area contributed by atoms with E-state index in [1.54, 1.807) is 18.2 Å². The van der Waals surface area contributed by atoms with Gasteiger partial charge in [-0.3, -0.25) is 4.79 Å². The number of ether oxygens (including phenoxy) is 2. The van der Waals surface area contributed by atoms with Gasteiger partial charge in [0, 0.05) is 10.8 Å². The van der Waals surface area contributed by atoms with Crippen LogP contribution in [-0.4, -0.2) is 26.2 Å². The number of hydrogen-bond acceptors (Lipinski definition) is 5. The van der Waals surface area contributed by atoms with Crippen LogP contribution in [0.1, 0.15) is 10.4 Å². The molecule has 0 aliphatic rings. The van der Waals surface area contributed by atoms with E-state index in [0.29, 0.717) is 16.7 Å². The van der Waals surface area contributed by atoms with E-state index in [9.17, 15) is 9.59 Å². The molecule has 0 atom stereocenters. The molecule has 6 nitrogen and oxygen atoms in total. The number of methoxy groups -OCH3 is 1. The smallest absolute Gasteiger partial charge is 0.349 e. The molecule has 0 radical (unpaired) electrons. The Balaban J connectivity index is 1.37. The topological polar surface area (TPSA) is 77.8 Å². The molecule has 0 aliphatic carbocycles. The molecule has 0 spiro atoms. The van der Waals surface area contributed by atoms with Gasteiger partial charge in [0.15, 0.2) is 11.3 Å². The van der Waals surface area contributed by atoms with Crippen molar-refractivity contribution in [2.45, 2.75) is 0 Å². The summed E-state index contributed by atoms with van der Waals surface area (Å²) in [6.07, 6.45) is 0. The van der Waals surface area contributed by atoms with E-state index in [2.05, 4.69) is 17.2 Å². The van der Waals surface area contributed by atoms with E-state index in [-0.39, 0.29) is 18.7 Å². The van der Waals surface area contributed by atoms with Gasteiger partial charge < -0.3 is 19.2 Å². The van der Waals surface area contributed by atoms with Gasteiger partial charge in [-0.15, -0.1) is 0 Å². The van der Waals surface area contributed by atoms with E-state index in [1.807, 2.05) is 42.5 Å². The highest BCUT2D eigenvalue weighted by atomic mass is 16.5. The second-order valence-corrected chi connectivity index (χ2v) is 6.63. The van der Waals surface area contributed by atoms with Crippen LogP contribution in [0.5, 0.6) is 11.5 Å². The summed E-state index contributed by atoms with van der Waals surface area (Å²) in [6.45, 7) is 0.259. The van der Waals surface area contributed by atoms with Gasteiger partial charge in [-0.1, -0.05) is 60.4 Å². The molecule has 4 rings (SSSR count). The Labute approximate surface area is 178 Å². The first-order chi connectivity index (χ1) is 15.2. The first-order valence-electron chi connectivity index (χ1n) is 9.63. The summed E-state index contributed by atoms with van der Waals surface area (Å²) in [7, 11) is 1.48. The van der Waals surface area contributed by atoms with Crippen molar-refractivity contribution >= 4 is 27.6 Å². The van der Waals surface area contributed by atoms with Gasteiger partial charge >= 0.3 is 5.63 Å². The summed E-state index contributed by atoms with van der Waals surface area (Å²) in [4.78, 5) is 24.6. The van der Waals surface area contributed by atoms with Crippen LogP contribution in [0.2, 0.25) is 0 Å².